The Morgan fingerprint density at radius 3 is 2.24 bits per heavy atom. The summed E-state index contributed by atoms with van der Waals surface area (Å²) in [6.07, 6.45) is 0.416. The summed E-state index contributed by atoms with van der Waals surface area (Å²) >= 11 is 0. The zero-order valence-electron chi connectivity index (χ0n) is 14.1. The standard InChI is InChI=1S/C20H21F2NO2/c1-2-23-12-11-20(25,15-5-9-17(22)10-6-15)18(13-23)19(24)14-3-7-16(21)8-4-14/h3-10,18,25H,2,11-13H2,1H3/p+1/t18-,20-/m0/s1. The lowest BCUT2D eigenvalue weighted by Gasteiger charge is -2.41. The van der Waals surface area contributed by atoms with Crippen LogP contribution in [0.3, 0.4) is 0 Å². The number of likely N-dealkylation sites (tertiary alicyclic amines) is 1. The van der Waals surface area contributed by atoms with Gasteiger partial charge >= 0.3 is 0 Å². The highest BCUT2D eigenvalue weighted by Crippen LogP contribution is 2.36. The smallest absolute Gasteiger partial charge is 0.174 e. The van der Waals surface area contributed by atoms with Gasteiger partial charge in [-0.1, -0.05) is 12.1 Å². The maximum absolute atomic E-state index is 13.3. The molecule has 1 saturated heterocycles. The van der Waals surface area contributed by atoms with Crippen LogP contribution in [0.4, 0.5) is 8.78 Å². The maximum Gasteiger partial charge on any atom is 0.174 e. The monoisotopic (exact) mass is 346 g/mol. The van der Waals surface area contributed by atoms with E-state index in [-0.39, 0.29) is 11.6 Å². The molecule has 1 fully saturated rings. The lowest BCUT2D eigenvalue weighted by Crippen LogP contribution is -3.14. The quantitative estimate of drug-likeness (QED) is 0.831. The predicted octanol–water partition coefficient (Wildman–Crippen LogP) is 1.96. The second-order valence-electron chi connectivity index (χ2n) is 6.66. The van der Waals surface area contributed by atoms with E-state index in [2.05, 4.69) is 0 Å². The number of hydrogen-bond donors (Lipinski definition) is 2. The second-order valence-corrected chi connectivity index (χ2v) is 6.66. The fraction of sp³-hybridized carbons (Fsp3) is 0.350. The Balaban J connectivity index is 1.98. The molecule has 2 aromatic carbocycles. The molecule has 132 valence electrons. The van der Waals surface area contributed by atoms with Gasteiger partial charge in [-0.2, -0.15) is 0 Å². The molecule has 0 aromatic heterocycles. The van der Waals surface area contributed by atoms with Crippen LogP contribution >= 0.6 is 0 Å². The molecule has 0 aliphatic carbocycles. The van der Waals surface area contributed by atoms with E-state index in [1.54, 1.807) is 0 Å². The number of quaternary nitrogens is 1. The Hall–Kier alpha value is -2.11. The zero-order valence-corrected chi connectivity index (χ0v) is 14.1. The summed E-state index contributed by atoms with van der Waals surface area (Å²) < 4.78 is 26.4. The van der Waals surface area contributed by atoms with Crippen LogP contribution < -0.4 is 4.90 Å². The molecule has 0 amide bonds. The van der Waals surface area contributed by atoms with Gasteiger partial charge in [0.05, 0.1) is 19.6 Å². The molecule has 0 spiro atoms. The van der Waals surface area contributed by atoms with Gasteiger partial charge in [0, 0.05) is 12.0 Å². The van der Waals surface area contributed by atoms with Crippen LogP contribution in [0, 0.1) is 17.6 Å². The summed E-state index contributed by atoms with van der Waals surface area (Å²) in [5, 5.41) is 11.4. The van der Waals surface area contributed by atoms with E-state index in [4.69, 9.17) is 0 Å². The minimum absolute atomic E-state index is 0.211. The first-order chi connectivity index (χ1) is 11.9. The van der Waals surface area contributed by atoms with E-state index < -0.39 is 17.3 Å². The third kappa shape index (κ3) is 3.48. The van der Waals surface area contributed by atoms with Gasteiger partial charge in [-0.25, -0.2) is 8.78 Å². The molecule has 1 aliphatic rings. The number of halogens is 2. The van der Waals surface area contributed by atoms with Crippen LogP contribution in [0.25, 0.3) is 0 Å². The normalized spacial score (nSPS) is 26.4. The average molecular weight is 346 g/mol. The van der Waals surface area contributed by atoms with Gasteiger partial charge in [0.1, 0.15) is 23.2 Å². The Morgan fingerprint density at radius 1 is 1.12 bits per heavy atom. The highest BCUT2D eigenvalue weighted by atomic mass is 19.1. The number of Topliss-reactive ketones (excluding diaryl/α,β-unsaturated/α-hetero) is 1. The Bertz CT molecular complexity index is 745. The average Bonchev–Trinajstić information content (AvgIpc) is 2.62. The van der Waals surface area contributed by atoms with Crippen LogP contribution in [-0.4, -0.2) is 30.5 Å². The first kappa shape index (κ1) is 17.7. The third-order valence-corrected chi connectivity index (χ3v) is 5.22. The maximum atomic E-state index is 13.3. The topological polar surface area (TPSA) is 41.7 Å². The number of hydrogen-bond acceptors (Lipinski definition) is 2. The summed E-state index contributed by atoms with van der Waals surface area (Å²) in [4.78, 5) is 14.3. The molecule has 25 heavy (non-hydrogen) atoms. The molecule has 3 nitrogen and oxygen atoms in total. The molecule has 0 radical (unpaired) electrons. The van der Waals surface area contributed by atoms with E-state index >= 15 is 0 Å². The first-order valence-electron chi connectivity index (χ1n) is 8.56. The van der Waals surface area contributed by atoms with Gasteiger partial charge < -0.3 is 10.0 Å². The Morgan fingerprint density at radius 2 is 1.68 bits per heavy atom. The van der Waals surface area contributed by atoms with Crippen LogP contribution in [0.1, 0.15) is 29.3 Å². The highest BCUT2D eigenvalue weighted by molar-refractivity contribution is 5.98. The van der Waals surface area contributed by atoms with Crippen LogP contribution in [0.2, 0.25) is 0 Å². The van der Waals surface area contributed by atoms with Crippen molar-refractivity contribution in [2.75, 3.05) is 19.6 Å². The largest absolute Gasteiger partial charge is 0.384 e. The van der Waals surface area contributed by atoms with Gasteiger partial charge in [0.25, 0.3) is 0 Å². The van der Waals surface area contributed by atoms with E-state index in [1.165, 1.54) is 53.4 Å². The number of carbonyl (C=O) groups is 1. The van der Waals surface area contributed by atoms with Crippen molar-refractivity contribution in [1.82, 2.24) is 0 Å². The van der Waals surface area contributed by atoms with E-state index in [9.17, 15) is 18.7 Å². The fourth-order valence-electron chi connectivity index (χ4n) is 3.63. The highest BCUT2D eigenvalue weighted by Gasteiger charge is 2.48. The van der Waals surface area contributed by atoms with Crippen LogP contribution in [0.5, 0.6) is 0 Å². The Kier molecular flexibility index (Phi) is 4.97. The van der Waals surface area contributed by atoms with Gasteiger partial charge in [0.2, 0.25) is 0 Å². The summed E-state index contributed by atoms with van der Waals surface area (Å²) in [7, 11) is 0. The van der Waals surface area contributed by atoms with Crippen LogP contribution in [-0.2, 0) is 5.60 Å². The second kappa shape index (κ2) is 7.02. The van der Waals surface area contributed by atoms with Crippen molar-refractivity contribution in [1.29, 1.82) is 0 Å². The number of nitrogens with one attached hydrogen (secondary N) is 1. The minimum atomic E-state index is -1.35. The van der Waals surface area contributed by atoms with Crippen LogP contribution in [0.15, 0.2) is 48.5 Å². The van der Waals surface area contributed by atoms with E-state index in [0.29, 0.717) is 24.1 Å². The number of piperidine rings is 1. The fourth-order valence-corrected chi connectivity index (χ4v) is 3.63. The number of ketones is 1. The van der Waals surface area contributed by atoms with Gasteiger partial charge in [-0.3, -0.25) is 4.79 Å². The molecule has 0 bridgehead atoms. The lowest BCUT2D eigenvalue weighted by atomic mass is 9.72. The number of rotatable bonds is 4. The van der Waals surface area contributed by atoms with Crippen molar-refractivity contribution < 1.29 is 23.6 Å². The van der Waals surface area contributed by atoms with Gasteiger partial charge in [-0.05, 0) is 48.9 Å². The third-order valence-electron chi connectivity index (χ3n) is 5.22. The molecular formula is C20H22F2NO2+. The number of benzene rings is 2. The summed E-state index contributed by atoms with van der Waals surface area (Å²) in [5.41, 5.74) is -0.425. The molecule has 0 saturated carbocycles. The molecule has 1 aliphatic heterocycles. The SMILES string of the molecule is CC[NH+]1CC[C@](O)(c2ccc(F)cc2)[C@H](C(=O)c2ccc(F)cc2)C1. The molecule has 5 heteroatoms. The van der Waals surface area contributed by atoms with Crippen molar-refractivity contribution >= 4 is 5.78 Å². The zero-order chi connectivity index (χ0) is 18.0. The van der Waals surface area contributed by atoms with Crippen molar-refractivity contribution in [2.45, 2.75) is 18.9 Å². The number of carbonyl (C=O) groups excluding carboxylic acids is 1. The van der Waals surface area contributed by atoms with Gasteiger partial charge in [0.15, 0.2) is 5.78 Å². The first-order valence-corrected chi connectivity index (χ1v) is 8.56. The number of aliphatic hydroxyl groups is 1. The summed E-state index contributed by atoms with van der Waals surface area (Å²) in [5.74, 6) is -1.66. The molecule has 2 N–H and O–H groups in total. The summed E-state index contributed by atoms with van der Waals surface area (Å²) in [6.45, 7) is 4.11. The summed E-state index contributed by atoms with van der Waals surface area (Å²) in [6, 6.07) is 11.1. The minimum Gasteiger partial charge on any atom is -0.384 e. The Labute approximate surface area is 145 Å². The van der Waals surface area contributed by atoms with E-state index in [0.717, 1.165) is 13.1 Å². The lowest BCUT2D eigenvalue weighted by molar-refractivity contribution is -0.908. The molecule has 1 unspecified atom stereocenters. The molecule has 3 rings (SSSR count). The van der Waals surface area contributed by atoms with E-state index in [1.807, 2.05) is 6.92 Å². The van der Waals surface area contributed by atoms with Crippen molar-refractivity contribution in [3.63, 3.8) is 0 Å². The van der Waals surface area contributed by atoms with Crippen molar-refractivity contribution in [3.8, 4) is 0 Å². The molecular weight excluding hydrogens is 324 g/mol. The molecule has 1 heterocycles. The van der Waals surface area contributed by atoms with Crippen molar-refractivity contribution in [2.24, 2.45) is 5.92 Å². The van der Waals surface area contributed by atoms with Gasteiger partial charge in [-0.15, -0.1) is 0 Å². The predicted molar refractivity (Wildman–Crippen MR) is 90.4 cm³/mol. The molecule has 3 atom stereocenters. The molecule has 2 aromatic rings. The van der Waals surface area contributed by atoms with Crippen molar-refractivity contribution in [3.05, 3.63) is 71.3 Å².